The van der Waals surface area contributed by atoms with Crippen LogP contribution in [0.1, 0.15) is 0 Å². The van der Waals surface area contributed by atoms with Crippen molar-refractivity contribution in [3.63, 3.8) is 0 Å². The summed E-state index contributed by atoms with van der Waals surface area (Å²) in [7, 11) is 1.22. The van der Waals surface area contributed by atoms with Crippen molar-refractivity contribution in [1.29, 1.82) is 0 Å². The molecule has 1 amide bonds. The van der Waals surface area contributed by atoms with E-state index >= 15 is 0 Å². The van der Waals surface area contributed by atoms with Crippen molar-refractivity contribution >= 4 is 11.6 Å². The number of aromatic nitrogens is 1. The van der Waals surface area contributed by atoms with E-state index in [0.717, 1.165) is 10.6 Å². The number of hydrogen-bond acceptors (Lipinski definition) is 3. The lowest BCUT2D eigenvalue weighted by atomic mass is 10.4. The second-order valence-electron chi connectivity index (χ2n) is 2.75. The number of halogens is 3. The van der Waals surface area contributed by atoms with Crippen LogP contribution < -0.4 is 5.32 Å². The van der Waals surface area contributed by atoms with Crippen LogP contribution in [-0.4, -0.2) is 26.9 Å². The summed E-state index contributed by atoms with van der Waals surface area (Å²) < 4.78 is 36.2. The van der Waals surface area contributed by atoms with Gasteiger partial charge in [-0.3, -0.25) is 9.36 Å². The average Bonchev–Trinajstić information content (AvgIpc) is 2.32. The first-order valence-electron chi connectivity index (χ1n) is 3.69. The van der Waals surface area contributed by atoms with E-state index in [1.807, 2.05) is 0 Å². The lowest BCUT2D eigenvalue weighted by Crippen LogP contribution is -2.29. The van der Waals surface area contributed by atoms with E-state index in [0.29, 0.717) is 0 Å². The van der Waals surface area contributed by atoms with Crippen LogP contribution >= 0.6 is 0 Å². The smallest absolute Gasteiger partial charge is 0.471 e. The van der Waals surface area contributed by atoms with Crippen LogP contribution in [0.3, 0.4) is 0 Å². The van der Waals surface area contributed by atoms with Crippen molar-refractivity contribution in [1.82, 2.24) is 4.57 Å². The van der Waals surface area contributed by atoms with E-state index in [1.165, 1.54) is 12.4 Å². The third kappa shape index (κ3) is 2.14. The van der Waals surface area contributed by atoms with Crippen LogP contribution in [0.15, 0.2) is 6.07 Å². The van der Waals surface area contributed by atoms with Gasteiger partial charge >= 0.3 is 12.1 Å². The standard InChI is InChI=1S/C7H7F3N2O3/c1-12-4(13)2-3(5(12)14)11-6(15)7(8,9)10/h2,13-14H,1H3,(H,11,15). The molecule has 0 aliphatic rings. The van der Waals surface area contributed by atoms with Crippen LogP contribution in [0.5, 0.6) is 11.8 Å². The van der Waals surface area contributed by atoms with E-state index in [4.69, 9.17) is 10.2 Å². The molecule has 0 atom stereocenters. The molecule has 1 aromatic heterocycles. The highest BCUT2D eigenvalue weighted by atomic mass is 19.4. The van der Waals surface area contributed by atoms with Crippen LogP contribution in [0.2, 0.25) is 0 Å². The topological polar surface area (TPSA) is 74.5 Å². The number of anilines is 1. The second-order valence-corrected chi connectivity index (χ2v) is 2.75. The molecule has 0 bridgehead atoms. The highest BCUT2D eigenvalue weighted by Crippen LogP contribution is 2.31. The third-order valence-electron chi connectivity index (χ3n) is 1.68. The van der Waals surface area contributed by atoms with Crippen LogP contribution in [-0.2, 0) is 11.8 Å². The molecule has 1 aromatic rings. The molecule has 0 spiro atoms. The van der Waals surface area contributed by atoms with Crippen molar-refractivity contribution in [2.75, 3.05) is 5.32 Å². The summed E-state index contributed by atoms with van der Waals surface area (Å²) in [5, 5.41) is 19.6. The lowest BCUT2D eigenvalue weighted by Gasteiger charge is -2.06. The minimum Gasteiger partial charge on any atom is -0.494 e. The molecule has 3 N–H and O–H groups in total. The zero-order valence-corrected chi connectivity index (χ0v) is 7.46. The average molecular weight is 224 g/mol. The number of nitrogens with one attached hydrogen (secondary N) is 1. The first-order valence-corrected chi connectivity index (χ1v) is 3.69. The van der Waals surface area contributed by atoms with Gasteiger partial charge in [-0.2, -0.15) is 13.2 Å². The molecule has 0 radical (unpaired) electrons. The molecule has 0 aromatic carbocycles. The maximum absolute atomic E-state index is 11.8. The lowest BCUT2D eigenvalue weighted by molar-refractivity contribution is -0.167. The largest absolute Gasteiger partial charge is 0.494 e. The number of alkyl halides is 3. The van der Waals surface area contributed by atoms with Crippen LogP contribution in [0.4, 0.5) is 18.9 Å². The molecule has 15 heavy (non-hydrogen) atoms. The fourth-order valence-electron chi connectivity index (χ4n) is 0.865. The zero-order valence-electron chi connectivity index (χ0n) is 7.46. The van der Waals surface area contributed by atoms with Crippen molar-refractivity contribution in [3.8, 4) is 11.8 Å². The third-order valence-corrected chi connectivity index (χ3v) is 1.68. The summed E-state index contributed by atoms with van der Waals surface area (Å²) in [6, 6.07) is 0.805. The predicted octanol–water partition coefficient (Wildman–Crippen LogP) is 0.937. The minimum atomic E-state index is -5.04. The first kappa shape index (κ1) is 11.2. The Morgan fingerprint density at radius 2 is 2.00 bits per heavy atom. The molecule has 8 heteroatoms. The number of carbonyl (C=O) groups excluding carboxylic acids is 1. The minimum absolute atomic E-state index is 0.468. The van der Waals surface area contributed by atoms with Gasteiger partial charge in [0.1, 0.15) is 5.69 Å². The summed E-state index contributed by atoms with van der Waals surface area (Å²) in [5.74, 6) is -3.35. The molecule has 1 rings (SSSR count). The monoisotopic (exact) mass is 224 g/mol. The molecule has 0 aliphatic heterocycles. The van der Waals surface area contributed by atoms with E-state index in [2.05, 4.69) is 0 Å². The highest BCUT2D eigenvalue weighted by molar-refractivity contribution is 5.96. The molecule has 0 saturated carbocycles. The Morgan fingerprint density at radius 3 is 2.33 bits per heavy atom. The Labute approximate surface area is 81.7 Å². The Morgan fingerprint density at radius 1 is 1.47 bits per heavy atom. The van der Waals surface area contributed by atoms with Gasteiger partial charge in [-0.1, -0.05) is 0 Å². The summed E-state index contributed by atoms with van der Waals surface area (Å²) in [5.41, 5.74) is -0.502. The fourth-order valence-corrected chi connectivity index (χ4v) is 0.865. The van der Waals surface area contributed by atoms with Gasteiger partial charge < -0.3 is 15.5 Å². The normalized spacial score (nSPS) is 11.5. The molecule has 0 fully saturated rings. The summed E-state index contributed by atoms with van der Waals surface area (Å²) >= 11 is 0. The number of amides is 1. The maximum Gasteiger partial charge on any atom is 0.471 e. The molecular formula is C7H7F3N2O3. The molecular weight excluding hydrogens is 217 g/mol. The van der Waals surface area contributed by atoms with Gasteiger partial charge in [0.15, 0.2) is 5.88 Å². The second kappa shape index (κ2) is 3.37. The maximum atomic E-state index is 11.8. The van der Waals surface area contributed by atoms with Gasteiger partial charge in [0.2, 0.25) is 5.88 Å². The van der Waals surface area contributed by atoms with E-state index in [-0.39, 0.29) is 0 Å². The van der Waals surface area contributed by atoms with Gasteiger partial charge in [0.05, 0.1) is 0 Å². The number of carbonyl (C=O) groups is 1. The molecule has 0 saturated heterocycles. The van der Waals surface area contributed by atoms with Gasteiger partial charge in [0, 0.05) is 13.1 Å². The molecule has 5 nitrogen and oxygen atoms in total. The number of nitrogens with zero attached hydrogens (tertiary/aromatic N) is 1. The van der Waals surface area contributed by atoms with Crippen molar-refractivity contribution in [3.05, 3.63) is 6.07 Å². The summed E-state index contributed by atoms with van der Waals surface area (Å²) in [6.45, 7) is 0. The summed E-state index contributed by atoms with van der Waals surface area (Å²) in [4.78, 5) is 10.5. The van der Waals surface area contributed by atoms with Crippen LogP contribution in [0, 0.1) is 0 Å². The number of rotatable bonds is 1. The van der Waals surface area contributed by atoms with E-state index < -0.39 is 29.5 Å². The molecule has 0 aliphatic carbocycles. The number of hydrogen-bond donors (Lipinski definition) is 3. The quantitative estimate of drug-likeness (QED) is 0.664. The first-order chi connectivity index (χ1) is 6.73. The van der Waals surface area contributed by atoms with Crippen molar-refractivity contribution in [2.45, 2.75) is 6.18 Å². The Balaban J connectivity index is 2.91. The Hall–Kier alpha value is -1.86. The van der Waals surface area contributed by atoms with Gasteiger partial charge in [-0.25, -0.2) is 0 Å². The number of aromatic hydroxyl groups is 2. The van der Waals surface area contributed by atoms with Gasteiger partial charge in [-0.05, 0) is 0 Å². The molecule has 84 valence electrons. The van der Waals surface area contributed by atoms with Crippen LogP contribution in [0.25, 0.3) is 0 Å². The fraction of sp³-hybridized carbons (Fsp3) is 0.286. The predicted molar refractivity (Wildman–Crippen MR) is 43.4 cm³/mol. The highest BCUT2D eigenvalue weighted by Gasteiger charge is 2.39. The summed E-state index contributed by atoms with van der Waals surface area (Å²) in [6.07, 6.45) is -5.04. The molecule has 1 heterocycles. The Bertz CT molecular complexity index is 397. The van der Waals surface area contributed by atoms with Gasteiger partial charge in [-0.15, -0.1) is 0 Å². The molecule has 0 unspecified atom stereocenters. The van der Waals surface area contributed by atoms with Gasteiger partial charge in [0.25, 0.3) is 0 Å². The zero-order chi connectivity index (χ0) is 11.8. The van der Waals surface area contributed by atoms with E-state index in [1.54, 1.807) is 0 Å². The van der Waals surface area contributed by atoms with Crippen molar-refractivity contribution in [2.24, 2.45) is 7.05 Å². The van der Waals surface area contributed by atoms with Crippen molar-refractivity contribution < 1.29 is 28.2 Å². The van der Waals surface area contributed by atoms with E-state index in [9.17, 15) is 18.0 Å². The SMILES string of the molecule is Cn1c(O)cc(NC(=O)C(F)(F)F)c1O. The Kier molecular flexibility index (Phi) is 2.52.